The highest BCUT2D eigenvalue weighted by Gasteiger charge is 2.23. The second-order valence-corrected chi connectivity index (χ2v) is 11.1. The normalized spacial score (nSPS) is 22.7. The zero-order valence-electron chi connectivity index (χ0n) is 20.5. The van der Waals surface area contributed by atoms with E-state index in [2.05, 4.69) is 66.2 Å². The SMILES string of the molecule is Cc1cccc(C(CCCC2CCC(N)CC2)c2cn(CC3CCCC3)c3ccccc23)c1. The van der Waals surface area contributed by atoms with Crippen LogP contribution in [0.2, 0.25) is 0 Å². The van der Waals surface area contributed by atoms with Gasteiger partial charge in [-0.25, -0.2) is 0 Å². The first kappa shape index (κ1) is 22.7. The standard InChI is InChI=1S/C31H42N2/c1-23-8-6-12-26(20-23)28(14-7-11-24-16-18-27(32)19-17-24)30-22-33(21-25-9-2-3-10-25)31-15-5-4-13-29(30)31/h4-6,8,12-13,15,20,22,24-25,27-28H,2-3,7,9-11,14,16-19,21,32H2,1H3. The van der Waals surface area contributed by atoms with Crippen molar-refractivity contribution >= 4 is 10.9 Å². The highest BCUT2D eigenvalue weighted by atomic mass is 15.0. The summed E-state index contributed by atoms with van der Waals surface area (Å²) in [5, 5.41) is 1.46. The number of fused-ring (bicyclic) bond motifs is 1. The second kappa shape index (κ2) is 10.5. The monoisotopic (exact) mass is 442 g/mol. The van der Waals surface area contributed by atoms with Crippen LogP contribution in [0.15, 0.2) is 54.7 Å². The molecule has 2 saturated carbocycles. The van der Waals surface area contributed by atoms with Crippen LogP contribution in [-0.4, -0.2) is 10.6 Å². The predicted octanol–water partition coefficient (Wildman–Crippen LogP) is 7.96. The van der Waals surface area contributed by atoms with Crippen LogP contribution in [0.4, 0.5) is 0 Å². The zero-order valence-corrected chi connectivity index (χ0v) is 20.5. The van der Waals surface area contributed by atoms with Gasteiger partial charge in [0.2, 0.25) is 0 Å². The van der Waals surface area contributed by atoms with Gasteiger partial charge in [-0.05, 0) is 80.9 Å². The van der Waals surface area contributed by atoms with Gasteiger partial charge >= 0.3 is 0 Å². The number of nitrogens with zero attached hydrogens (tertiary/aromatic N) is 1. The molecule has 1 unspecified atom stereocenters. The first-order valence-electron chi connectivity index (χ1n) is 13.6. The van der Waals surface area contributed by atoms with Gasteiger partial charge in [-0.1, -0.05) is 73.7 Å². The van der Waals surface area contributed by atoms with Gasteiger partial charge < -0.3 is 10.3 Å². The lowest BCUT2D eigenvalue weighted by atomic mass is 9.81. The zero-order chi connectivity index (χ0) is 22.6. The summed E-state index contributed by atoms with van der Waals surface area (Å²) in [5.74, 6) is 2.21. The molecule has 176 valence electrons. The van der Waals surface area contributed by atoms with Gasteiger partial charge in [0.05, 0.1) is 0 Å². The molecule has 33 heavy (non-hydrogen) atoms. The number of hydrogen-bond acceptors (Lipinski definition) is 1. The van der Waals surface area contributed by atoms with Crippen LogP contribution >= 0.6 is 0 Å². The van der Waals surface area contributed by atoms with E-state index in [-0.39, 0.29) is 0 Å². The highest BCUT2D eigenvalue weighted by molar-refractivity contribution is 5.85. The minimum absolute atomic E-state index is 0.451. The lowest BCUT2D eigenvalue weighted by Gasteiger charge is -2.26. The maximum atomic E-state index is 6.15. The molecule has 2 aromatic carbocycles. The average molecular weight is 443 g/mol. The summed E-state index contributed by atoms with van der Waals surface area (Å²) in [4.78, 5) is 0. The summed E-state index contributed by atoms with van der Waals surface area (Å²) in [6.07, 6.45) is 17.1. The number of aromatic nitrogens is 1. The van der Waals surface area contributed by atoms with Gasteiger partial charge in [-0.3, -0.25) is 0 Å². The quantitative estimate of drug-likeness (QED) is 0.377. The molecule has 1 atom stereocenters. The van der Waals surface area contributed by atoms with Crippen LogP contribution in [0.25, 0.3) is 10.9 Å². The number of rotatable bonds is 8. The number of benzene rings is 2. The first-order valence-corrected chi connectivity index (χ1v) is 13.6. The minimum Gasteiger partial charge on any atom is -0.347 e. The van der Waals surface area contributed by atoms with E-state index >= 15 is 0 Å². The van der Waals surface area contributed by atoms with Crippen molar-refractivity contribution in [3.8, 4) is 0 Å². The van der Waals surface area contributed by atoms with Gasteiger partial charge in [0.15, 0.2) is 0 Å². The molecule has 0 saturated heterocycles. The summed E-state index contributed by atoms with van der Waals surface area (Å²) in [6, 6.07) is 18.9. The molecule has 0 spiro atoms. The van der Waals surface area contributed by atoms with Crippen molar-refractivity contribution in [2.24, 2.45) is 17.6 Å². The van der Waals surface area contributed by atoms with Crippen molar-refractivity contribution in [1.29, 1.82) is 0 Å². The smallest absolute Gasteiger partial charge is 0.0483 e. The molecule has 2 aliphatic carbocycles. The summed E-state index contributed by atoms with van der Waals surface area (Å²) in [5.41, 5.74) is 12.0. The summed E-state index contributed by atoms with van der Waals surface area (Å²) in [6.45, 7) is 3.42. The third-order valence-corrected chi connectivity index (χ3v) is 8.57. The summed E-state index contributed by atoms with van der Waals surface area (Å²) < 4.78 is 2.59. The second-order valence-electron chi connectivity index (χ2n) is 11.1. The molecule has 2 heteroatoms. The van der Waals surface area contributed by atoms with E-state index in [1.807, 2.05) is 0 Å². The van der Waals surface area contributed by atoms with Gasteiger partial charge in [0, 0.05) is 35.6 Å². The molecular formula is C31H42N2. The van der Waals surface area contributed by atoms with Crippen molar-refractivity contribution in [2.75, 3.05) is 0 Å². The molecule has 5 rings (SSSR count). The fourth-order valence-electron chi connectivity index (χ4n) is 6.65. The lowest BCUT2D eigenvalue weighted by molar-refractivity contribution is 0.302. The molecule has 2 fully saturated rings. The number of aryl methyl sites for hydroxylation is 1. The van der Waals surface area contributed by atoms with Crippen LogP contribution < -0.4 is 5.73 Å². The molecule has 2 nitrogen and oxygen atoms in total. The Kier molecular flexibility index (Phi) is 7.21. The number of nitrogens with two attached hydrogens (primary N) is 1. The fraction of sp³-hybridized carbons (Fsp3) is 0.548. The molecule has 0 radical (unpaired) electrons. The summed E-state index contributed by atoms with van der Waals surface area (Å²) >= 11 is 0. The molecule has 2 N–H and O–H groups in total. The van der Waals surface area contributed by atoms with E-state index in [4.69, 9.17) is 5.73 Å². The van der Waals surface area contributed by atoms with Gasteiger partial charge in [-0.2, -0.15) is 0 Å². The number of para-hydroxylation sites is 1. The topological polar surface area (TPSA) is 30.9 Å². The van der Waals surface area contributed by atoms with Crippen molar-refractivity contribution in [2.45, 2.75) is 96.1 Å². The maximum absolute atomic E-state index is 6.15. The highest BCUT2D eigenvalue weighted by Crippen LogP contribution is 2.38. The van der Waals surface area contributed by atoms with Crippen molar-refractivity contribution in [3.05, 3.63) is 71.4 Å². The van der Waals surface area contributed by atoms with Crippen LogP contribution in [0.3, 0.4) is 0 Å². The molecule has 1 aromatic heterocycles. The van der Waals surface area contributed by atoms with Crippen molar-refractivity contribution in [3.63, 3.8) is 0 Å². The van der Waals surface area contributed by atoms with Crippen LogP contribution in [0, 0.1) is 18.8 Å². The van der Waals surface area contributed by atoms with Gasteiger partial charge in [0.1, 0.15) is 0 Å². The van der Waals surface area contributed by atoms with Gasteiger partial charge in [0.25, 0.3) is 0 Å². The third-order valence-electron chi connectivity index (χ3n) is 8.57. The maximum Gasteiger partial charge on any atom is 0.0483 e. The lowest BCUT2D eigenvalue weighted by Crippen LogP contribution is -2.26. The van der Waals surface area contributed by atoms with Crippen molar-refractivity contribution in [1.82, 2.24) is 4.57 Å². The molecule has 1 heterocycles. The predicted molar refractivity (Wildman–Crippen MR) is 141 cm³/mol. The van der Waals surface area contributed by atoms with E-state index in [0.29, 0.717) is 12.0 Å². The Balaban J connectivity index is 1.42. The molecule has 0 amide bonds. The van der Waals surface area contributed by atoms with E-state index in [9.17, 15) is 0 Å². The van der Waals surface area contributed by atoms with E-state index in [1.54, 1.807) is 5.56 Å². The van der Waals surface area contributed by atoms with E-state index in [1.165, 1.54) is 99.2 Å². The van der Waals surface area contributed by atoms with E-state index in [0.717, 1.165) is 11.8 Å². The Hall–Kier alpha value is -2.06. The summed E-state index contributed by atoms with van der Waals surface area (Å²) in [7, 11) is 0. The molecule has 0 aliphatic heterocycles. The third kappa shape index (κ3) is 5.38. The largest absolute Gasteiger partial charge is 0.347 e. The Bertz CT molecular complexity index is 1030. The molecule has 2 aliphatic rings. The van der Waals surface area contributed by atoms with E-state index < -0.39 is 0 Å². The average Bonchev–Trinajstić information content (AvgIpc) is 3.47. The van der Waals surface area contributed by atoms with Crippen molar-refractivity contribution < 1.29 is 0 Å². The molecule has 0 bridgehead atoms. The minimum atomic E-state index is 0.451. The number of hydrogen-bond donors (Lipinski definition) is 1. The Morgan fingerprint density at radius 2 is 1.70 bits per heavy atom. The first-order chi connectivity index (χ1) is 16.2. The Morgan fingerprint density at radius 1 is 0.909 bits per heavy atom. The van der Waals surface area contributed by atoms with Gasteiger partial charge in [-0.15, -0.1) is 0 Å². The Morgan fingerprint density at radius 3 is 2.48 bits per heavy atom. The fourth-order valence-corrected chi connectivity index (χ4v) is 6.65. The van der Waals surface area contributed by atoms with Crippen LogP contribution in [0.5, 0.6) is 0 Å². The Labute approximate surface area is 200 Å². The molecular weight excluding hydrogens is 400 g/mol. The molecule has 3 aromatic rings. The van der Waals surface area contributed by atoms with Crippen LogP contribution in [-0.2, 0) is 6.54 Å². The van der Waals surface area contributed by atoms with Crippen LogP contribution in [0.1, 0.15) is 93.2 Å².